The van der Waals surface area contributed by atoms with Crippen molar-refractivity contribution in [2.24, 2.45) is 0 Å². The number of nitrogens with zero attached hydrogens (tertiary/aromatic N) is 3. The Labute approximate surface area is 127 Å². The van der Waals surface area contributed by atoms with E-state index < -0.39 is 11.6 Å². The van der Waals surface area contributed by atoms with Crippen LogP contribution in [0.2, 0.25) is 0 Å². The number of carbonyl (C=O) groups excluding carboxylic acids is 2. The van der Waals surface area contributed by atoms with Crippen LogP contribution in [0, 0.1) is 6.92 Å². The molecule has 3 rings (SSSR count). The molecule has 1 atom stereocenters. The standard InChI is InChI=1S/C15H16N4O3/c1-3-15(11-7-5-4-6-8-11)13(20)19(14(21)17-15)9-12-16-10(2)18-22-12/h4-8H,3,9H2,1-2H3,(H,17,21). The molecule has 1 aromatic heterocycles. The number of amides is 3. The van der Waals surface area contributed by atoms with Gasteiger partial charge in [-0.25, -0.2) is 4.79 Å². The van der Waals surface area contributed by atoms with E-state index in [1.54, 1.807) is 6.92 Å². The van der Waals surface area contributed by atoms with Crippen LogP contribution in [0.5, 0.6) is 0 Å². The summed E-state index contributed by atoms with van der Waals surface area (Å²) in [7, 11) is 0. The van der Waals surface area contributed by atoms with Crippen LogP contribution < -0.4 is 5.32 Å². The van der Waals surface area contributed by atoms with E-state index in [1.165, 1.54) is 0 Å². The van der Waals surface area contributed by atoms with Gasteiger partial charge >= 0.3 is 6.03 Å². The van der Waals surface area contributed by atoms with E-state index in [0.717, 1.165) is 10.5 Å². The molecule has 1 aliphatic heterocycles. The molecule has 1 fully saturated rings. The van der Waals surface area contributed by atoms with E-state index in [-0.39, 0.29) is 18.3 Å². The van der Waals surface area contributed by atoms with Gasteiger partial charge in [0.2, 0.25) is 5.89 Å². The largest absolute Gasteiger partial charge is 0.337 e. The van der Waals surface area contributed by atoms with Crippen LogP contribution in [0.1, 0.15) is 30.6 Å². The first-order chi connectivity index (χ1) is 10.6. The molecule has 7 heteroatoms. The zero-order chi connectivity index (χ0) is 15.7. The molecule has 0 radical (unpaired) electrons. The number of benzene rings is 1. The van der Waals surface area contributed by atoms with E-state index in [0.29, 0.717) is 12.2 Å². The number of rotatable bonds is 4. The molecule has 0 saturated carbocycles. The molecule has 114 valence electrons. The number of nitrogens with one attached hydrogen (secondary N) is 1. The summed E-state index contributed by atoms with van der Waals surface area (Å²) in [5.74, 6) is 0.398. The lowest BCUT2D eigenvalue weighted by atomic mass is 9.87. The van der Waals surface area contributed by atoms with Gasteiger partial charge in [0.1, 0.15) is 12.1 Å². The third-order valence-electron chi connectivity index (χ3n) is 3.84. The molecule has 2 aromatic rings. The van der Waals surface area contributed by atoms with Gasteiger partial charge in [-0.05, 0) is 18.9 Å². The summed E-state index contributed by atoms with van der Waals surface area (Å²) in [6, 6.07) is 8.77. The highest BCUT2D eigenvalue weighted by molar-refractivity contribution is 6.07. The van der Waals surface area contributed by atoms with Crippen molar-refractivity contribution < 1.29 is 14.1 Å². The summed E-state index contributed by atoms with van der Waals surface area (Å²) in [6.45, 7) is 3.52. The fourth-order valence-corrected chi connectivity index (χ4v) is 2.67. The molecule has 0 aliphatic carbocycles. The lowest BCUT2D eigenvalue weighted by molar-refractivity contribution is -0.132. The van der Waals surface area contributed by atoms with Gasteiger partial charge in [0.15, 0.2) is 5.82 Å². The first kappa shape index (κ1) is 14.2. The minimum Gasteiger partial charge on any atom is -0.337 e. The van der Waals surface area contributed by atoms with Crippen LogP contribution in [0.4, 0.5) is 4.79 Å². The number of aromatic nitrogens is 2. The summed E-state index contributed by atoms with van der Waals surface area (Å²) in [4.78, 5) is 30.2. The van der Waals surface area contributed by atoms with Crippen LogP contribution in [-0.4, -0.2) is 27.0 Å². The summed E-state index contributed by atoms with van der Waals surface area (Å²) in [6.07, 6.45) is 0.459. The van der Waals surface area contributed by atoms with Gasteiger partial charge in [-0.3, -0.25) is 9.69 Å². The molecule has 22 heavy (non-hydrogen) atoms. The van der Waals surface area contributed by atoms with Gasteiger partial charge in [-0.1, -0.05) is 42.4 Å². The van der Waals surface area contributed by atoms with Crippen molar-refractivity contribution in [2.45, 2.75) is 32.4 Å². The smallest absolute Gasteiger partial charge is 0.325 e. The van der Waals surface area contributed by atoms with E-state index in [4.69, 9.17) is 4.52 Å². The molecule has 0 spiro atoms. The highest BCUT2D eigenvalue weighted by atomic mass is 16.5. The highest BCUT2D eigenvalue weighted by Crippen LogP contribution is 2.32. The maximum Gasteiger partial charge on any atom is 0.325 e. The Balaban J connectivity index is 1.93. The molecule has 1 aromatic carbocycles. The van der Waals surface area contributed by atoms with Crippen molar-refractivity contribution in [1.29, 1.82) is 0 Å². The van der Waals surface area contributed by atoms with E-state index in [9.17, 15) is 9.59 Å². The van der Waals surface area contributed by atoms with E-state index >= 15 is 0 Å². The van der Waals surface area contributed by atoms with E-state index in [1.807, 2.05) is 37.3 Å². The third kappa shape index (κ3) is 2.14. The Morgan fingerprint density at radius 1 is 1.27 bits per heavy atom. The van der Waals surface area contributed by atoms with Gasteiger partial charge in [0.05, 0.1) is 0 Å². The topological polar surface area (TPSA) is 88.3 Å². The van der Waals surface area contributed by atoms with Crippen molar-refractivity contribution in [3.05, 3.63) is 47.6 Å². The quantitative estimate of drug-likeness (QED) is 0.869. The predicted molar refractivity (Wildman–Crippen MR) is 76.5 cm³/mol. The Morgan fingerprint density at radius 3 is 2.59 bits per heavy atom. The van der Waals surface area contributed by atoms with Crippen molar-refractivity contribution in [2.75, 3.05) is 0 Å². The first-order valence-electron chi connectivity index (χ1n) is 7.05. The Hall–Kier alpha value is -2.70. The van der Waals surface area contributed by atoms with Gasteiger partial charge in [-0.15, -0.1) is 0 Å². The number of hydrogen-bond donors (Lipinski definition) is 1. The second-order valence-electron chi connectivity index (χ2n) is 5.18. The molecular weight excluding hydrogens is 284 g/mol. The van der Waals surface area contributed by atoms with Gasteiger partial charge in [-0.2, -0.15) is 4.98 Å². The lowest BCUT2D eigenvalue weighted by Gasteiger charge is -2.25. The number of aryl methyl sites for hydroxylation is 1. The number of urea groups is 1. The summed E-state index contributed by atoms with van der Waals surface area (Å²) < 4.78 is 5.00. The van der Waals surface area contributed by atoms with Crippen molar-refractivity contribution in [3.63, 3.8) is 0 Å². The van der Waals surface area contributed by atoms with Gasteiger partial charge < -0.3 is 9.84 Å². The monoisotopic (exact) mass is 300 g/mol. The third-order valence-corrected chi connectivity index (χ3v) is 3.84. The van der Waals surface area contributed by atoms with Crippen molar-refractivity contribution >= 4 is 11.9 Å². The summed E-state index contributed by atoms with van der Waals surface area (Å²) >= 11 is 0. The zero-order valence-corrected chi connectivity index (χ0v) is 12.4. The molecule has 1 aliphatic rings. The minimum absolute atomic E-state index is 0.0277. The van der Waals surface area contributed by atoms with Crippen LogP contribution in [0.3, 0.4) is 0 Å². The molecule has 1 N–H and O–H groups in total. The number of carbonyl (C=O) groups is 2. The van der Waals surface area contributed by atoms with Crippen molar-refractivity contribution in [3.8, 4) is 0 Å². The molecule has 1 saturated heterocycles. The maximum absolute atomic E-state index is 12.8. The fourth-order valence-electron chi connectivity index (χ4n) is 2.67. The maximum atomic E-state index is 12.8. The molecule has 2 heterocycles. The fraction of sp³-hybridized carbons (Fsp3) is 0.333. The summed E-state index contributed by atoms with van der Waals surface area (Å²) in [5, 5.41) is 6.48. The predicted octanol–water partition coefficient (Wildman–Crippen LogP) is 1.74. The number of hydrogen-bond acceptors (Lipinski definition) is 5. The van der Waals surface area contributed by atoms with Crippen LogP contribution in [-0.2, 0) is 16.9 Å². The van der Waals surface area contributed by atoms with Crippen molar-refractivity contribution in [1.82, 2.24) is 20.4 Å². The first-order valence-corrected chi connectivity index (χ1v) is 7.05. The Bertz CT molecular complexity index is 713. The highest BCUT2D eigenvalue weighted by Gasteiger charge is 2.51. The second kappa shape index (κ2) is 5.25. The Kier molecular flexibility index (Phi) is 3.40. The SMILES string of the molecule is CCC1(c2ccccc2)NC(=O)N(Cc2nc(C)no2)C1=O. The van der Waals surface area contributed by atoms with Gasteiger partial charge in [0, 0.05) is 0 Å². The molecule has 1 unspecified atom stereocenters. The summed E-state index contributed by atoms with van der Waals surface area (Å²) in [5.41, 5.74) is -0.270. The van der Waals surface area contributed by atoms with Crippen LogP contribution in [0.15, 0.2) is 34.9 Å². The normalized spacial score (nSPS) is 21.3. The lowest BCUT2D eigenvalue weighted by Crippen LogP contribution is -2.43. The van der Waals surface area contributed by atoms with Gasteiger partial charge in [0.25, 0.3) is 5.91 Å². The minimum atomic E-state index is -1.03. The Morgan fingerprint density at radius 2 is 2.00 bits per heavy atom. The average Bonchev–Trinajstić information content (AvgIpc) is 3.05. The van der Waals surface area contributed by atoms with E-state index in [2.05, 4.69) is 15.5 Å². The zero-order valence-electron chi connectivity index (χ0n) is 12.4. The van der Waals surface area contributed by atoms with Crippen LogP contribution in [0.25, 0.3) is 0 Å². The number of imide groups is 1. The average molecular weight is 300 g/mol. The molecule has 3 amide bonds. The molecule has 0 bridgehead atoms. The van der Waals surface area contributed by atoms with Crippen LogP contribution >= 0.6 is 0 Å². The molecular formula is C15H16N4O3. The molecule has 7 nitrogen and oxygen atoms in total. The second-order valence-corrected chi connectivity index (χ2v) is 5.18.